The number of fused-ring (bicyclic) bond motifs is 3. The Kier molecular flexibility index (Phi) is 2.65. The van der Waals surface area contributed by atoms with E-state index in [9.17, 15) is 13.2 Å². The maximum Gasteiger partial charge on any atom is 0.416 e. The van der Waals surface area contributed by atoms with Gasteiger partial charge in [-0.2, -0.15) is 18.2 Å². The van der Waals surface area contributed by atoms with Crippen molar-refractivity contribution >= 4 is 5.82 Å². The third kappa shape index (κ3) is 3.43. The lowest BCUT2D eigenvalue weighted by Crippen LogP contribution is -2.40. The molecule has 0 amide bonds. The van der Waals surface area contributed by atoms with E-state index >= 15 is 0 Å². The molecule has 4 heterocycles. The molecule has 1 aliphatic heterocycles. The highest BCUT2D eigenvalue weighted by Crippen LogP contribution is 2.39. The highest BCUT2D eigenvalue weighted by molar-refractivity contribution is 5.64. The maximum absolute atomic E-state index is 13.4. The van der Waals surface area contributed by atoms with Gasteiger partial charge in [-0.25, -0.2) is 9.97 Å². The van der Waals surface area contributed by atoms with Gasteiger partial charge in [-0.15, -0.1) is 10.2 Å². The Hall–Kier alpha value is -3.76. The Balaban J connectivity index is 1.82. The molecule has 0 aliphatic carbocycles. The topological polar surface area (TPSA) is 77.5 Å². The summed E-state index contributed by atoms with van der Waals surface area (Å²) in [4.78, 5) is 12.8. The summed E-state index contributed by atoms with van der Waals surface area (Å²) in [5, 5.41) is 7.44. The van der Waals surface area contributed by atoms with E-state index in [-0.39, 0.29) is 22.0 Å². The predicted octanol–water partition coefficient (Wildman–Crippen LogP) is 4.61. The fourth-order valence-corrected chi connectivity index (χ4v) is 3.55. The molecule has 3 aromatic heterocycles. The van der Waals surface area contributed by atoms with Gasteiger partial charge in [-0.1, -0.05) is 19.0 Å². The van der Waals surface area contributed by atoms with Crippen molar-refractivity contribution in [3.05, 3.63) is 60.6 Å². The Morgan fingerprint density at radius 3 is 2.91 bits per heavy atom. The molecule has 0 saturated heterocycles. The van der Waals surface area contributed by atoms with Crippen LogP contribution >= 0.6 is 0 Å². The summed E-state index contributed by atoms with van der Waals surface area (Å²) in [5.41, 5.74) is -1.26. The van der Waals surface area contributed by atoms with Gasteiger partial charge in [-0.3, -0.25) is 9.13 Å². The van der Waals surface area contributed by atoms with Crippen molar-refractivity contribution in [1.29, 1.82) is 0 Å². The van der Waals surface area contributed by atoms with E-state index in [1.807, 2.05) is 0 Å². The molecule has 11 heteroatoms. The number of hydrogen-bond acceptors (Lipinski definition) is 6. The van der Waals surface area contributed by atoms with Crippen LogP contribution in [0.4, 0.5) is 19.0 Å². The molecule has 1 atom stereocenters. The van der Waals surface area contributed by atoms with Crippen molar-refractivity contribution < 1.29 is 29.6 Å². The van der Waals surface area contributed by atoms with Gasteiger partial charge in [-0.05, 0) is 32.2 Å². The van der Waals surface area contributed by atoms with Gasteiger partial charge in [0.2, 0.25) is 5.95 Å². The lowest BCUT2D eigenvalue weighted by molar-refractivity contribution is -0.137. The summed E-state index contributed by atoms with van der Waals surface area (Å²) in [6.07, 6.45) is -3.65. The van der Waals surface area contributed by atoms with Gasteiger partial charge in [0, 0.05) is 39.1 Å². The van der Waals surface area contributed by atoms with Crippen molar-refractivity contribution in [1.82, 2.24) is 34.3 Å². The minimum Gasteiger partial charge on any atom is -0.342 e. The zero-order chi connectivity index (χ0) is 33.5. The SMILES string of the molecule is [2H]C([2H])([2H])C([2H])([2H])C1c2nncn2-c2cnc(-n3ccnc3-c3cccc(C(F)(F)F)c3)nc2N1C([2H])(C([2H])([2H])[2H])C([2H])([2H])[2H]. The molecule has 33 heavy (non-hydrogen) atoms. The summed E-state index contributed by atoms with van der Waals surface area (Å²) in [7, 11) is 0. The number of imidazole rings is 1. The highest BCUT2D eigenvalue weighted by Gasteiger charge is 2.35. The van der Waals surface area contributed by atoms with Gasteiger partial charge in [0.25, 0.3) is 0 Å². The van der Waals surface area contributed by atoms with E-state index in [2.05, 4.69) is 25.1 Å². The number of halogens is 3. The molecule has 4 aromatic rings. The van der Waals surface area contributed by atoms with E-state index in [1.54, 1.807) is 0 Å². The zero-order valence-electron chi connectivity index (χ0n) is 28.4. The van der Waals surface area contributed by atoms with Crippen LogP contribution in [0.25, 0.3) is 23.0 Å². The van der Waals surface area contributed by atoms with Crippen LogP contribution in [-0.4, -0.2) is 40.3 Å². The second-order valence-corrected chi connectivity index (χ2v) is 6.90. The van der Waals surface area contributed by atoms with E-state index in [0.29, 0.717) is 0 Å². The van der Waals surface area contributed by atoms with Crippen LogP contribution in [-0.2, 0) is 6.18 Å². The van der Waals surface area contributed by atoms with Gasteiger partial charge < -0.3 is 4.90 Å². The zero-order valence-corrected chi connectivity index (χ0v) is 16.4. The highest BCUT2D eigenvalue weighted by atomic mass is 19.4. The number of rotatable bonds is 4. The van der Waals surface area contributed by atoms with Crippen molar-refractivity contribution in [2.24, 2.45) is 0 Å². The number of hydrogen-bond donors (Lipinski definition) is 0. The summed E-state index contributed by atoms with van der Waals surface area (Å²) in [6.45, 7) is -11.0. The predicted molar refractivity (Wildman–Crippen MR) is 115 cm³/mol. The smallest absolute Gasteiger partial charge is 0.342 e. The summed E-state index contributed by atoms with van der Waals surface area (Å²) in [5.74, 6) is -1.77. The van der Waals surface area contributed by atoms with Gasteiger partial charge in [0.15, 0.2) is 11.6 Å². The van der Waals surface area contributed by atoms with Crippen LogP contribution in [0.5, 0.6) is 0 Å². The lowest BCUT2D eigenvalue weighted by atomic mass is 10.1. The third-order valence-corrected chi connectivity index (χ3v) is 4.98. The number of anilines is 1. The number of alkyl halides is 3. The molecule has 1 aliphatic rings. The fourth-order valence-electron chi connectivity index (χ4n) is 3.55. The normalized spacial score (nSPS) is 22.9. The average molecular weight is 467 g/mol. The average Bonchev–Trinajstić information content (AvgIpc) is 3.59. The Bertz CT molecular complexity index is 1730. The van der Waals surface area contributed by atoms with Gasteiger partial charge >= 0.3 is 6.18 Å². The first-order valence-corrected chi connectivity index (χ1v) is 9.30. The fraction of sp³-hybridized carbons (Fsp3) is 0.318. The van der Waals surface area contributed by atoms with E-state index in [0.717, 1.165) is 39.9 Å². The molecule has 0 saturated carbocycles. The van der Waals surface area contributed by atoms with E-state index in [4.69, 9.17) is 16.4 Å². The molecule has 1 aromatic carbocycles. The molecule has 0 radical (unpaired) electrons. The molecule has 8 nitrogen and oxygen atoms in total. The Morgan fingerprint density at radius 1 is 1.24 bits per heavy atom. The van der Waals surface area contributed by atoms with E-state index in [1.165, 1.54) is 18.5 Å². The quantitative estimate of drug-likeness (QED) is 0.437. The van der Waals surface area contributed by atoms with Crippen molar-refractivity contribution in [2.75, 3.05) is 4.90 Å². The van der Waals surface area contributed by atoms with E-state index < -0.39 is 68.3 Å². The molecule has 0 bridgehead atoms. The largest absolute Gasteiger partial charge is 0.416 e. The van der Waals surface area contributed by atoms with Crippen LogP contribution in [0.3, 0.4) is 0 Å². The van der Waals surface area contributed by atoms with Gasteiger partial charge in [0.1, 0.15) is 17.8 Å². The number of nitrogens with zero attached hydrogens (tertiary/aromatic N) is 8. The van der Waals surface area contributed by atoms with Crippen LogP contribution in [0.1, 0.15) is 60.8 Å². The maximum atomic E-state index is 13.4. The standard InChI is InChI=1S/C22H21F3N8/c1-4-16-20-30-28-12-32(20)17-11-27-21(29-19(17)33(16)13(2)3)31-9-8-26-18(31)14-6-5-7-15(10-14)22(23,24)25/h5-13,16H,4H2,1-3H3/i1D3,2D3,3D3,4D2,13D. The van der Waals surface area contributed by atoms with Crippen LogP contribution in [0.2, 0.25) is 0 Å². The summed E-state index contributed by atoms with van der Waals surface area (Å²) >= 11 is 0. The first kappa shape index (κ1) is 11.4. The first-order chi connectivity index (χ1) is 20.5. The molecule has 0 N–H and O–H groups in total. The molecule has 170 valence electrons. The minimum absolute atomic E-state index is 0.0365. The molecule has 1 unspecified atom stereocenters. The van der Waals surface area contributed by atoms with Crippen LogP contribution < -0.4 is 4.90 Å². The minimum atomic E-state index is -4.69. The van der Waals surface area contributed by atoms with Crippen molar-refractivity contribution in [3.8, 4) is 23.0 Å². The van der Waals surface area contributed by atoms with Crippen molar-refractivity contribution in [3.63, 3.8) is 0 Å². The second kappa shape index (κ2) is 7.68. The first-order valence-electron chi connectivity index (χ1n) is 15.3. The summed E-state index contributed by atoms with van der Waals surface area (Å²) < 4.78 is 141. The second-order valence-electron chi connectivity index (χ2n) is 6.90. The Morgan fingerprint density at radius 2 is 2.12 bits per heavy atom. The Labute approximate surface area is 204 Å². The molecule has 0 spiro atoms. The van der Waals surface area contributed by atoms with Crippen LogP contribution in [0, 0.1) is 0 Å². The summed E-state index contributed by atoms with van der Waals surface area (Å²) in [6, 6.07) is -2.00. The number of benzene rings is 1. The number of aromatic nitrogens is 7. The molecular weight excluding hydrogens is 433 g/mol. The molecule has 0 fully saturated rings. The lowest BCUT2D eigenvalue weighted by Gasteiger charge is -2.39. The van der Waals surface area contributed by atoms with Crippen LogP contribution in [0.15, 0.2) is 49.2 Å². The monoisotopic (exact) mass is 466 g/mol. The van der Waals surface area contributed by atoms with Crippen molar-refractivity contribution in [2.45, 2.75) is 45.2 Å². The van der Waals surface area contributed by atoms with Gasteiger partial charge in [0.05, 0.1) is 19.2 Å². The molecular formula is C22H21F3N8. The molecule has 5 rings (SSSR count). The third-order valence-electron chi connectivity index (χ3n) is 4.98.